The number of rotatable bonds is 11. The summed E-state index contributed by atoms with van der Waals surface area (Å²) >= 11 is 0.292. The molecule has 31 heavy (non-hydrogen) atoms. The standard InChI is InChI=1S/C22H29N2O5S.Al.2H/c1-17(2)14-24(30(27,28)20-11-9-19(29-3)10-12-20)15-22(26)21(23-16-25)13-18-7-5-4-6-8-18;;;/h4-12,17,21-22,26H,13-15H2,1-3H3,(H,23,25);;;/t21?,22-;;;/m1.../s1. The maximum atomic E-state index is 13.3. The predicted molar refractivity (Wildman–Crippen MR) is 124 cm³/mol. The number of nitrogens with one attached hydrogen (secondary N) is 1. The van der Waals surface area contributed by atoms with E-state index in [-0.39, 0.29) is 28.7 Å². The lowest BCUT2D eigenvalue weighted by atomic mass is 10.0. The van der Waals surface area contributed by atoms with Crippen molar-refractivity contribution >= 4 is 31.1 Å². The number of methoxy groups -OCH3 is 1. The van der Waals surface area contributed by atoms with Crippen LogP contribution in [0.2, 0.25) is 0 Å². The lowest BCUT2D eigenvalue weighted by molar-refractivity contribution is 0.106. The van der Waals surface area contributed by atoms with Gasteiger partial charge in [0.05, 0.1) is 24.2 Å². The fourth-order valence-corrected chi connectivity index (χ4v) is 5.32. The number of amides is 1. The van der Waals surface area contributed by atoms with Crippen LogP contribution in [0, 0.1) is 5.92 Å². The van der Waals surface area contributed by atoms with E-state index in [9.17, 15) is 18.3 Å². The van der Waals surface area contributed by atoms with E-state index in [0.717, 1.165) is 5.56 Å². The van der Waals surface area contributed by atoms with Crippen LogP contribution in [0.4, 0.5) is 4.79 Å². The first-order valence-corrected chi connectivity index (χ1v) is 12.7. The van der Waals surface area contributed by atoms with E-state index < -0.39 is 22.2 Å². The molecule has 0 aliphatic carbocycles. The molecular formula is C22H31AlN2O5S. The Bertz CT molecular complexity index is 936. The van der Waals surface area contributed by atoms with Gasteiger partial charge in [-0.1, -0.05) is 44.2 Å². The van der Waals surface area contributed by atoms with Gasteiger partial charge in [-0.05, 0) is 42.2 Å². The van der Waals surface area contributed by atoms with Gasteiger partial charge in [0.15, 0.2) is 0 Å². The third kappa shape index (κ3) is 7.63. The molecule has 0 bridgehead atoms. The third-order valence-corrected chi connectivity index (χ3v) is 6.94. The Hall–Kier alpha value is -1.89. The van der Waals surface area contributed by atoms with Crippen LogP contribution < -0.4 is 10.1 Å². The van der Waals surface area contributed by atoms with Crippen molar-refractivity contribution in [2.75, 3.05) is 20.2 Å². The summed E-state index contributed by atoms with van der Waals surface area (Å²) in [6.07, 6.45) is -0.654. The van der Waals surface area contributed by atoms with Gasteiger partial charge in [-0.25, -0.2) is 8.42 Å². The van der Waals surface area contributed by atoms with E-state index in [1.165, 1.54) is 23.5 Å². The summed E-state index contributed by atoms with van der Waals surface area (Å²) in [5.41, 5.74) is 0.954. The number of hydrogen-bond donors (Lipinski definition) is 2. The van der Waals surface area contributed by atoms with Crippen LogP contribution in [0.3, 0.4) is 0 Å². The summed E-state index contributed by atoms with van der Waals surface area (Å²) in [7, 11) is -2.32. The number of hydrogen-bond acceptors (Lipinski definition) is 5. The van der Waals surface area contributed by atoms with Crippen molar-refractivity contribution in [1.29, 1.82) is 0 Å². The van der Waals surface area contributed by atoms with Gasteiger partial charge < -0.3 is 15.2 Å². The summed E-state index contributed by atoms with van der Waals surface area (Å²) in [5, 5.41) is 13.8. The fraction of sp³-hybridized carbons (Fsp3) is 0.409. The Balaban J connectivity index is 2.27. The first-order valence-electron chi connectivity index (χ1n) is 10.3. The number of carbonyl (C=O) groups is 1. The summed E-state index contributed by atoms with van der Waals surface area (Å²) in [6.45, 7) is 3.97. The summed E-state index contributed by atoms with van der Waals surface area (Å²) in [6, 6.07) is 15.1. The second kappa shape index (κ2) is 11.7. The Morgan fingerprint density at radius 3 is 2.23 bits per heavy atom. The van der Waals surface area contributed by atoms with Crippen molar-refractivity contribution in [1.82, 2.24) is 9.62 Å². The molecule has 2 atom stereocenters. The molecule has 0 spiro atoms. The van der Waals surface area contributed by atoms with Gasteiger partial charge in [-0.15, -0.1) is 0 Å². The Morgan fingerprint density at radius 2 is 1.71 bits per heavy atom. The normalized spacial score (nSPS) is 13.7. The topological polar surface area (TPSA) is 95.9 Å². The quantitative estimate of drug-likeness (QED) is 0.495. The van der Waals surface area contributed by atoms with Crippen molar-refractivity contribution < 1.29 is 23.1 Å². The van der Waals surface area contributed by atoms with Gasteiger partial charge in [0.1, 0.15) is 10.5 Å². The molecule has 2 aromatic carbocycles. The van der Waals surface area contributed by atoms with Gasteiger partial charge in [0.25, 0.3) is 0 Å². The number of nitrogens with zero attached hydrogens (tertiary/aromatic N) is 1. The van der Waals surface area contributed by atoms with E-state index in [1.807, 2.05) is 44.2 Å². The van der Waals surface area contributed by atoms with Crippen molar-refractivity contribution in [2.24, 2.45) is 5.92 Å². The van der Waals surface area contributed by atoms with Crippen LogP contribution in [-0.4, -0.2) is 71.2 Å². The second-order valence-electron chi connectivity index (χ2n) is 7.96. The maximum Gasteiger partial charge on any atom is 0.354 e. The molecule has 0 aromatic heterocycles. The lowest BCUT2D eigenvalue weighted by Gasteiger charge is -2.30. The van der Waals surface area contributed by atoms with Crippen LogP contribution in [0.1, 0.15) is 19.4 Å². The zero-order valence-corrected chi connectivity index (χ0v) is 21.3. The minimum Gasteiger partial charge on any atom is -0.497 e. The van der Waals surface area contributed by atoms with Crippen LogP contribution >= 0.6 is 0 Å². The highest BCUT2D eigenvalue weighted by molar-refractivity contribution is 7.89. The number of carbonyl (C=O) groups excluding carboxylic acids is 1. The number of sulfonamides is 1. The van der Waals surface area contributed by atoms with Gasteiger partial charge in [-0.3, -0.25) is 4.79 Å². The monoisotopic (exact) mass is 462 g/mol. The van der Waals surface area contributed by atoms with Crippen molar-refractivity contribution in [3.63, 3.8) is 0 Å². The number of aliphatic hydroxyl groups excluding tert-OH is 1. The number of aliphatic hydroxyl groups is 1. The summed E-state index contributed by atoms with van der Waals surface area (Å²) < 4.78 is 32.9. The van der Waals surface area contributed by atoms with Crippen molar-refractivity contribution in [3.8, 4) is 5.75 Å². The summed E-state index contributed by atoms with van der Waals surface area (Å²) in [5.74, 6) is 0.619. The number of benzene rings is 2. The van der Waals surface area contributed by atoms with Crippen LogP contribution in [0.25, 0.3) is 0 Å². The minimum absolute atomic E-state index is 0.0565. The lowest BCUT2D eigenvalue weighted by Crippen LogP contribution is -2.50. The van der Waals surface area contributed by atoms with E-state index >= 15 is 0 Å². The maximum absolute atomic E-state index is 13.3. The average Bonchev–Trinajstić information content (AvgIpc) is 2.73. The highest BCUT2D eigenvalue weighted by atomic mass is 32.2. The molecule has 0 radical (unpaired) electrons. The largest absolute Gasteiger partial charge is 0.497 e. The van der Waals surface area contributed by atoms with Gasteiger partial charge >= 0.3 is 16.3 Å². The molecule has 0 fully saturated rings. The molecule has 1 amide bonds. The van der Waals surface area contributed by atoms with Crippen LogP contribution in [-0.2, 0) is 16.4 Å². The van der Waals surface area contributed by atoms with Crippen molar-refractivity contribution in [2.45, 2.75) is 37.3 Å². The first-order chi connectivity index (χ1) is 14.6. The predicted octanol–water partition coefficient (Wildman–Crippen LogP) is 1.66. The van der Waals surface area contributed by atoms with E-state index in [0.29, 0.717) is 28.5 Å². The molecule has 0 aliphatic heterocycles. The minimum atomic E-state index is -3.84. The van der Waals surface area contributed by atoms with Gasteiger partial charge in [-0.2, -0.15) is 4.31 Å². The highest BCUT2D eigenvalue weighted by Gasteiger charge is 2.30. The second-order valence-corrected chi connectivity index (χ2v) is 10.8. The molecule has 1 unspecified atom stereocenters. The van der Waals surface area contributed by atoms with Gasteiger partial charge in [0.2, 0.25) is 10.0 Å². The molecule has 0 saturated carbocycles. The molecule has 0 heterocycles. The Labute approximate surface area is 192 Å². The Kier molecular flexibility index (Phi) is 9.54. The molecule has 0 aliphatic rings. The fourth-order valence-electron chi connectivity index (χ4n) is 3.32. The SMILES string of the molecule is COc1ccc(S(=O)(=O)N(CC(C)C)C[C@@H](O)C(Cc2ccccc2)N[C](=O)[AlH2])cc1. The summed E-state index contributed by atoms with van der Waals surface area (Å²) in [4.78, 5) is 11.9. The molecule has 168 valence electrons. The molecule has 7 nitrogen and oxygen atoms in total. The smallest absolute Gasteiger partial charge is 0.354 e. The van der Waals surface area contributed by atoms with E-state index in [1.54, 1.807) is 12.1 Å². The zero-order chi connectivity index (χ0) is 23.0. The molecule has 2 rings (SSSR count). The average molecular weight is 463 g/mol. The molecule has 0 saturated heterocycles. The van der Waals surface area contributed by atoms with Crippen LogP contribution in [0.15, 0.2) is 59.5 Å². The van der Waals surface area contributed by atoms with Crippen LogP contribution in [0.5, 0.6) is 5.75 Å². The van der Waals surface area contributed by atoms with E-state index in [4.69, 9.17) is 4.74 Å². The highest BCUT2D eigenvalue weighted by Crippen LogP contribution is 2.21. The molecular weight excluding hydrogens is 431 g/mol. The Morgan fingerprint density at radius 1 is 1.10 bits per heavy atom. The molecule has 9 heteroatoms. The molecule has 2 N–H and O–H groups in total. The first kappa shape index (κ1) is 25.4. The number of ether oxygens (including phenoxy) is 1. The van der Waals surface area contributed by atoms with Gasteiger partial charge in [0, 0.05) is 13.1 Å². The third-order valence-electron chi connectivity index (χ3n) is 4.81. The molecule has 2 aromatic rings. The van der Waals surface area contributed by atoms with Crippen molar-refractivity contribution in [3.05, 3.63) is 60.2 Å². The zero-order valence-electron chi connectivity index (χ0n) is 18.5. The van der Waals surface area contributed by atoms with E-state index in [2.05, 4.69) is 5.32 Å².